The Morgan fingerprint density at radius 1 is 1.39 bits per heavy atom. The predicted molar refractivity (Wildman–Crippen MR) is 64.3 cm³/mol. The predicted octanol–water partition coefficient (Wildman–Crippen LogP) is 1.84. The van der Waals surface area contributed by atoms with E-state index in [1.165, 1.54) is 12.5 Å². The molecule has 98 valence electrons. The highest BCUT2D eigenvalue weighted by molar-refractivity contribution is 5.94. The van der Waals surface area contributed by atoms with Gasteiger partial charge in [-0.2, -0.15) is 0 Å². The first-order valence-electron chi connectivity index (χ1n) is 6.13. The lowest BCUT2D eigenvalue weighted by Gasteiger charge is -2.10. The summed E-state index contributed by atoms with van der Waals surface area (Å²) in [6, 6.07) is 3.61. The van der Waals surface area contributed by atoms with Crippen LogP contribution in [-0.4, -0.2) is 25.0 Å². The van der Waals surface area contributed by atoms with E-state index in [4.69, 9.17) is 0 Å². The van der Waals surface area contributed by atoms with Crippen LogP contribution >= 0.6 is 0 Å². The fourth-order valence-electron chi connectivity index (χ4n) is 2.10. The van der Waals surface area contributed by atoms with Crippen molar-refractivity contribution in [1.29, 1.82) is 0 Å². The quantitative estimate of drug-likeness (QED) is 0.860. The number of benzene rings is 1. The van der Waals surface area contributed by atoms with Gasteiger partial charge in [-0.25, -0.2) is 8.78 Å². The molecule has 2 rings (SSSR count). The molecule has 5 heteroatoms. The van der Waals surface area contributed by atoms with E-state index in [-0.39, 0.29) is 11.5 Å². The van der Waals surface area contributed by atoms with E-state index in [0.717, 1.165) is 31.5 Å². The molecule has 0 spiro atoms. The third-order valence-corrected chi connectivity index (χ3v) is 3.12. The molecule has 1 aliphatic rings. The summed E-state index contributed by atoms with van der Waals surface area (Å²) in [5.74, 6) is -2.31. The lowest BCUT2D eigenvalue weighted by molar-refractivity contribution is 0.0952. The van der Waals surface area contributed by atoms with Crippen molar-refractivity contribution in [3.63, 3.8) is 0 Å². The van der Waals surface area contributed by atoms with Gasteiger partial charge in [0.05, 0.1) is 0 Å². The standard InChI is InChI=1S/C13H16F2N2O/c14-11-4-3-9(8-12(11)15)13(18)17-7-5-10-2-1-6-16-10/h3-4,8,10,16H,1-2,5-7H2,(H,17,18)/t10-/m1/s1. The van der Waals surface area contributed by atoms with Gasteiger partial charge in [-0.1, -0.05) is 0 Å². The molecule has 0 unspecified atom stereocenters. The molecule has 2 N–H and O–H groups in total. The highest BCUT2D eigenvalue weighted by atomic mass is 19.2. The summed E-state index contributed by atoms with van der Waals surface area (Å²) in [6.07, 6.45) is 3.15. The number of amides is 1. The molecule has 1 saturated heterocycles. The van der Waals surface area contributed by atoms with Gasteiger partial charge in [-0.15, -0.1) is 0 Å². The Hall–Kier alpha value is -1.49. The third-order valence-electron chi connectivity index (χ3n) is 3.12. The van der Waals surface area contributed by atoms with Gasteiger partial charge in [0.2, 0.25) is 0 Å². The number of carbonyl (C=O) groups is 1. The van der Waals surface area contributed by atoms with Crippen molar-refractivity contribution in [3.05, 3.63) is 35.4 Å². The minimum Gasteiger partial charge on any atom is -0.352 e. The van der Waals surface area contributed by atoms with Crippen LogP contribution in [0, 0.1) is 11.6 Å². The zero-order chi connectivity index (χ0) is 13.0. The zero-order valence-corrected chi connectivity index (χ0v) is 10.0. The molecule has 0 saturated carbocycles. The second-order valence-corrected chi connectivity index (χ2v) is 4.47. The van der Waals surface area contributed by atoms with Crippen molar-refractivity contribution in [2.24, 2.45) is 0 Å². The molecule has 1 aliphatic heterocycles. The highest BCUT2D eigenvalue weighted by Crippen LogP contribution is 2.10. The monoisotopic (exact) mass is 254 g/mol. The summed E-state index contributed by atoms with van der Waals surface area (Å²) in [7, 11) is 0. The lowest BCUT2D eigenvalue weighted by atomic mass is 10.1. The molecule has 1 fully saturated rings. The van der Waals surface area contributed by atoms with Gasteiger partial charge in [-0.05, 0) is 44.0 Å². The van der Waals surface area contributed by atoms with Crippen LogP contribution < -0.4 is 10.6 Å². The van der Waals surface area contributed by atoms with Crippen molar-refractivity contribution in [2.45, 2.75) is 25.3 Å². The number of hydrogen-bond acceptors (Lipinski definition) is 2. The Balaban J connectivity index is 1.81. The summed E-state index contributed by atoms with van der Waals surface area (Å²) in [4.78, 5) is 11.7. The average molecular weight is 254 g/mol. The summed E-state index contributed by atoms with van der Waals surface area (Å²) in [5.41, 5.74) is 0.147. The minimum absolute atomic E-state index is 0.147. The minimum atomic E-state index is -1.000. The fourth-order valence-corrected chi connectivity index (χ4v) is 2.10. The zero-order valence-electron chi connectivity index (χ0n) is 10.0. The second-order valence-electron chi connectivity index (χ2n) is 4.47. The maximum atomic E-state index is 12.9. The number of halogens is 2. The molecule has 1 atom stereocenters. The fraction of sp³-hybridized carbons (Fsp3) is 0.462. The number of carbonyl (C=O) groups excluding carboxylic acids is 1. The van der Waals surface area contributed by atoms with Crippen LogP contribution in [0.3, 0.4) is 0 Å². The molecule has 1 amide bonds. The molecular weight excluding hydrogens is 238 g/mol. The Morgan fingerprint density at radius 3 is 2.89 bits per heavy atom. The SMILES string of the molecule is O=C(NCC[C@H]1CCCN1)c1ccc(F)c(F)c1. The molecule has 3 nitrogen and oxygen atoms in total. The van der Waals surface area contributed by atoms with Gasteiger partial charge >= 0.3 is 0 Å². The third kappa shape index (κ3) is 3.26. The van der Waals surface area contributed by atoms with Crippen LogP contribution in [0.2, 0.25) is 0 Å². The molecule has 18 heavy (non-hydrogen) atoms. The smallest absolute Gasteiger partial charge is 0.251 e. The molecule has 0 bridgehead atoms. The average Bonchev–Trinajstić information content (AvgIpc) is 2.85. The van der Waals surface area contributed by atoms with Gasteiger partial charge in [-0.3, -0.25) is 4.79 Å². The van der Waals surface area contributed by atoms with E-state index < -0.39 is 11.6 Å². The van der Waals surface area contributed by atoms with Crippen molar-refractivity contribution < 1.29 is 13.6 Å². The first kappa shape index (κ1) is 13.0. The summed E-state index contributed by atoms with van der Waals surface area (Å²) in [6.45, 7) is 1.57. The van der Waals surface area contributed by atoms with Crippen LogP contribution in [0.5, 0.6) is 0 Å². The van der Waals surface area contributed by atoms with Crippen LogP contribution in [0.1, 0.15) is 29.6 Å². The van der Waals surface area contributed by atoms with E-state index in [2.05, 4.69) is 10.6 Å². The van der Waals surface area contributed by atoms with E-state index in [9.17, 15) is 13.6 Å². The highest BCUT2D eigenvalue weighted by Gasteiger charge is 2.14. The van der Waals surface area contributed by atoms with Gasteiger partial charge in [0.25, 0.3) is 5.91 Å². The molecule has 0 aliphatic carbocycles. The first-order valence-corrected chi connectivity index (χ1v) is 6.13. The van der Waals surface area contributed by atoms with Gasteiger partial charge in [0.1, 0.15) is 0 Å². The van der Waals surface area contributed by atoms with Crippen LogP contribution in [0.4, 0.5) is 8.78 Å². The van der Waals surface area contributed by atoms with E-state index >= 15 is 0 Å². The Kier molecular flexibility index (Phi) is 4.25. The lowest BCUT2D eigenvalue weighted by Crippen LogP contribution is -2.30. The van der Waals surface area contributed by atoms with E-state index in [1.54, 1.807) is 0 Å². The van der Waals surface area contributed by atoms with Gasteiger partial charge in [0.15, 0.2) is 11.6 Å². The van der Waals surface area contributed by atoms with Crippen LogP contribution in [0.25, 0.3) is 0 Å². The topological polar surface area (TPSA) is 41.1 Å². The van der Waals surface area contributed by atoms with Crippen LogP contribution in [0.15, 0.2) is 18.2 Å². The van der Waals surface area contributed by atoms with Crippen molar-refractivity contribution in [3.8, 4) is 0 Å². The molecule has 0 aromatic heterocycles. The normalized spacial score (nSPS) is 18.9. The Morgan fingerprint density at radius 2 is 2.22 bits per heavy atom. The van der Waals surface area contributed by atoms with Crippen molar-refractivity contribution in [1.82, 2.24) is 10.6 Å². The molecule has 1 aromatic carbocycles. The number of nitrogens with one attached hydrogen (secondary N) is 2. The molecule has 0 radical (unpaired) electrons. The van der Waals surface area contributed by atoms with Gasteiger partial charge < -0.3 is 10.6 Å². The van der Waals surface area contributed by atoms with Crippen molar-refractivity contribution in [2.75, 3.05) is 13.1 Å². The summed E-state index contributed by atoms with van der Waals surface area (Å²) < 4.78 is 25.6. The Labute approximate surface area is 105 Å². The number of hydrogen-bond donors (Lipinski definition) is 2. The van der Waals surface area contributed by atoms with E-state index in [0.29, 0.717) is 12.6 Å². The first-order chi connectivity index (χ1) is 8.66. The Bertz CT molecular complexity index is 431. The number of rotatable bonds is 4. The van der Waals surface area contributed by atoms with Gasteiger partial charge in [0, 0.05) is 18.2 Å². The molecule has 1 heterocycles. The summed E-state index contributed by atoms with van der Waals surface area (Å²) >= 11 is 0. The van der Waals surface area contributed by atoms with E-state index in [1.807, 2.05) is 0 Å². The maximum absolute atomic E-state index is 12.9. The molecular formula is C13H16F2N2O. The van der Waals surface area contributed by atoms with Crippen LogP contribution in [-0.2, 0) is 0 Å². The summed E-state index contributed by atoms with van der Waals surface area (Å²) in [5, 5.41) is 6.03. The largest absolute Gasteiger partial charge is 0.352 e. The maximum Gasteiger partial charge on any atom is 0.251 e. The molecule has 1 aromatic rings. The second kappa shape index (κ2) is 5.91. The van der Waals surface area contributed by atoms with Crippen molar-refractivity contribution >= 4 is 5.91 Å².